The van der Waals surface area contributed by atoms with Crippen LogP contribution in [0.5, 0.6) is 11.5 Å². The first-order valence-corrected chi connectivity index (χ1v) is 9.85. The van der Waals surface area contributed by atoms with Crippen molar-refractivity contribution in [1.82, 2.24) is 0 Å². The largest absolute Gasteiger partial charge is 0.493 e. The molecule has 0 aromatic heterocycles. The van der Waals surface area contributed by atoms with Crippen molar-refractivity contribution < 1.29 is 23.8 Å². The summed E-state index contributed by atoms with van der Waals surface area (Å²) >= 11 is 2.15. The summed E-state index contributed by atoms with van der Waals surface area (Å²) in [7, 11) is 1.55. The van der Waals surface area contributed by atoms with E-state index in [1.807, 2.05) is 12.1 Å². The van der Waals surface area contributed by atoms with Gasteiger partial charge in [0.15, 0.2) is 11.5 Å². The number of rotatable bonds is 8. The van der Waals surface area contributed by atoms with Crippen molar-refractivity contribution in [1.29, 1.82) is 0 Å². The molecule has 0 spiro atoms. The molecule has 0 unspecified atom stereocenters. The number of hydrogen-bond donors (Lipinski definition) is 2. The van der Waals surface area contributed by atoms with Crippen molar-refractivity contribution in [2.75, 3.05) is 12.4 Å². The van der Waals surface area contributed by atoms with Gasteiger partial charge in [-0.3, -0.25) is 0 Å². The minimum absolute atomic E-state index is 0.0958. The summed E-state index contributed by atoms with van der Waals surface area (Å²) in [6.07, 6.45) is 0. The van der Waals surface area contributed by atoms with E-state index in [0.29, 0.717) is 29.3 Å². The SMILES string of the molecule is COc1cc(CNc2cccc(C(=O)O)c2)cc(I)c1OCc1ccccc1F. The van der Waals surface area contributed by atoms with Crippen LogP contribution in [0.4, 0.5) is 10.1 Å². The van der Waals surface area contributed by atoms with E-state index in [-0.39, 0.29) is 18.0 Å². The number of halogens is 2. The van der Waals surface area contributed by atoms with E-state index in [9.17, 15) is 9.18 Å². The third kappa shape index (κ3) is 5.38. The van der Waals surface area contributed by atoms with Crippen molar-refractivity contribution in [3.05, 3.63) is 86.7 Å². The Kier molecular flexibility index (Phi) is 6.92. The predicted octanol–water partition coefficient (Wildman–Crippen LogP) is 5.33. The van der Waals surface area contributed by atoms with Gasteiger partial charge in [-0.25, -0.2) is 9.18 Å². The van der Waals surface area contributed by atoms with E-state index in [4.69, 9.17) is 14.6 Å². The van der Waals surface area contributed by atoms with Crippen LogP contribution in [-0.2, 0) is 13.2 Å². The molecule has 3 aromatic carbocycles. The first kappa shape index (κ1) is 20.9. The first-order valence-electron chi connectivity index (χ1n) is 8.77. The number of anilines is 1. The fraction of sp³-hybridized carbons (Fsp3) is 0.136. The van der Waals surface area contributed by atoms with Gasteiger partial charge in [-0.05, 0) is 64.6 Å². The number of carboxylic acid groups (broad SMARTS) is 1. The summed E-state index contributed by atoms with van der Waals surface area (Å²) < 4.78 is 25.9. The highest BCUT2D eigenvalue weighted by Crippen LogP contribution is 2.35. The van der Waals surface area contributed by atoms with Gasteiger partial charge in [0.1, 0.15) is 12.4 Å². The number of benzene rings is 3. The van der Waals surface area contributed by atoms with Gasteiger partial charge in [-0.1, -0.05) is 24.3 Å². The summed E-state index contributed by atoms with van der Waals surface area (Å²) in [5.74, 6) is -0.190. The molecule has 0 radical (unpaired) electrons. The van der Waals surface area contributed by atoms with Gasteiger partial charge in [0.25, 0.3) is 0 Å². The number of aromatic carboxylic acids is 1. The standard InChI is InChI=1S/C22H19FINO4/c1-28-20-10-14(12-25-17-7-4-6-15(11-17)22(26)27)9-19(24)21(20)29-13-16-5-2-3-8-18(16)23/h2-11,25H,12-13H2,1H3,(H,26,27). The van der Waals surface area contributed by atoms with E-state index in [0.717, 1.165) is 9.13 Å². The lowest BCUT2D eigenvalue weighted by atomic mass is 10.1. The molecule has 5 nitrogen and oxygen atoms in total. The van der Waals surface area contributed by atoms with Crippen LogP contribution in [0.15, 0.2) is 60.7 Å². The lowest BCUT2D eigenvalue weighted by Crippen LogP contribution is -2.05. The Balaban J connectivity index is 1.73. The molecule has 3 aromatic rings. The molecule has 0 amide bonds. The summed E-state index contributed by atoms with van der Waals surface area (Å²) in [6, 6.07) is 16.9. The van der Waals surface area contributed by atoms with E-state index >= 15 is 0 Å². The van der Waals surface area contributed by atoms with E-state index in [1.165, 1.54) is 6.07 Å². The molecule has 7 heteroatoms. The number of carboxylic acids is 1. The van der Waals surface area contributed by atoms with Crippen LogP contribution in [0, 0.1) is 9.39 Å². The number of carbonyl (C=O) groups is 1. The molecule has 0 bridgehead atoms. The fourth-order valence-corrected chi connectivity index (χ4v) is 3.57. The minimum Gasteiger partial charge on any atom is -0.493 e. The van der Waals surface area contributed by atoms with Crippen LogP contribution >= 0.6 is 22.6 Å². The highest BCUT2D eigenvalue weighted by atomic mass is 127. The smallest absolute Gasteiger partial charge is 0.335 e. The molecule has 0 heterocycles. The van der Waals surface area contributed by atoms with Gasteiger partial charge in [-0.15, -0.1) is 0 Å². The molecular formula is C22H19FINO4. The average molecular weight is 507 g/mol. The third-order valence-electron chi connectivity index (χ3n) is 4.23. The van der Waals surface area contributed by atoms with Crippen LogP contribution in [0.1, 0.15) is 21.5 Å². The third-order valence-corrected chi connectivity index (χ3v) is 5.03. The van der Waals surface area contributed by atoms with Crippen LogP contribution in [0.25, 0.3) is 0 Å². The van der Waals surface area contributed by atoms with Crippen LogP contribution < -0.4 is 14.8 Å². The molecule has 2 N–H and O–H groups in total. The maximum Gasteiger partial charge on any atom is 0.335 e. The highest BCUT2D eigenvalue weighted by molar-refractivity contribution is 14.1. The van der Waals surface area contributed by atoms with Gasteiger partial charge < -0.3 is 19.9 Å². The Labute approximate surface area is 181 Å². The zero-order valence-electron chi connectivity index (χ0n) is 15.6. The normalized spacial score (nSPS) is 10.4. The van der Waals surface area contributed by atoms with Gasteiger partial charge in [0.2, 0.25) is 0 Å². The molecule has 0 saturated heterocycles. The van der Waals surface area contributed by atoms with Crippen LogP contribution in [0.2, 0.25) is 0 Å². The molecule has 0 aliphatic rings. The molecule has 0 aliphatic heterocycles. The molecule has 0 aliphatic carbocycles. The quantitative estimate of drug-likeness (QED) is 0.404. The zero-order valence-corrected chi connectivity index (χ0v) is 17.8. The number of methoxy groups -OCH3 is 1. The van der Waals surface area contributed by atoms with Gasteiger partial charge in [0, 0.05) is 17.8 Å². The van der Waals surface area contributed by atoms with Crippen molar-refractivity contribution in [2.45, 2.75) is 13.2 Å². The average Bonchev–Trinajstić information content (AvgIpc) is 2.72. The Bertz CT molecular complexity index is 1030. The summed E-state index contributed by atoms with van der Waals surface area (Å²) in [4.78, 5) is 11.1. The Morgan fingerprint density at radius 3 is 2.66 bits per heavy atom. The van der Waals surface area contributed by atoms with E-state index in [2.05, 4.69) is 27.9 Å². The molecule has 3 rings (SSSR count). The molecule has 29 heavy (non-hydrogen) atoms. The number of ether oxygens (including phenoxy) is 2. The number of nitrogens with one attached hydrogen (secondary N) is 1. The molecule has 0 fully saturated rings. The Morgan fingerprint density at radius 2 is 1.93 bits per heavy atom. The first-order chi connectivity index (χ1) is 14.0. The fourth-order valence-electron chi connectivity index (χ4n) is 2.75. The second-order valence-electron chi connectivity index (χ2n) is 6.23. The summed E-state index contributed by atoms with van der Waals surface area (Å²) in [5, 5.41) is 12.3. The van der Waals surface area contributed by atoms with Crippen molar-refractivity contribution in [3.8, 4) is 11.5 Å². The monoisotopic (exact) mass is 507 g/mol. The second kappa shape index (κ2) is 9.60. The number of hydrogen-bond acceptors (Lipinski definition) is 4. The predicted molar refractivity (Wildman–Crippen MR) is 117 cm³/mol. The van der Waals surface area contributed by atoms with Crippen LogP contribution in [0.3, 0.4) is 0 Å². The van der Waals surface area contributed by atoms with E-state index in [1.54, 1.807) is 49.6 Å². The molecular weight excluding hydrogens is 488 g/mol. The molecule has 0 saturated carbocycles. The van der Waals surface area contributed by atoms with Gasteiger partial charge in [0.05, 0.1) is 16.2 Å². The lowest BCUT2D eigenvalue weighted by molar-refractivity contribution is 0.0697. The highest BCUT2D eigenvalue weighted by Gasteiger charge is 2.13. The van der Waals surface area contributed by atoms with Crippen molar-refractivity contribution in [3.63, 3.8) is 0 Å². The lowest BCUT2D eigenvalue weighted by Gasteiger charge is -2.15. The van der Waals surface area contributed by atoms with Crippen molar-refractivity contribution >= 4 is 34.2 Å². The molecule has 150 valence electrons. The van der Waals surface area contributed by atoms with Crippen molar-refractivity contribution in [2.24, 2.45) is 0 Å². The van der Waals surface area contributed by atoms with Gasteiger partial charge >= 0.3 is 5.97 Å². The maximum absolute atomic E-state index is 13.8. The summed E-state index contributed by atoms with van der Waals surface area (Å²) in [5.41, 5.74) is 2.33. The summed E-state index contributed by atoms with van der Waals surface area (Å²) in [6.45, 7) is 0.571. The second-order valence-corrected chi connectivity index (χ2v) is 7.39. The Hall–Kier alpha value is -2.81. The van der Waals surface area contributed by atoms with Gasteiger partial charge in [-0.2, -0.15) is 0 Å². The molecule has 0 atom stereocenters. The minimum atomic E-state index is -0.971. The zero-order chi connectivity index (χ0) is 20.8. The van der Waals surface area contributed by atoms with Crippen LogP contribution in [-0.4, -0.2) is 18.2 Å². The Morgan fingerprint density at radius 1 is 1.14 bits per heavy atom. The topological polar surface area (TPSA) is 67.8 Å². The maximum atomic E-state index is 13.8. The van der Waals surface area contributed by atoms with E-state index < -0.39 is 5.97 Å².